The van der Waals surface area contributed by atoms with E-state index >= 15 is 0 Å². The van der Waals surface area contributed by atoms with Gasteiger partial charge in [-0.1, -0.05) is 0 Å². The number of hydrogen-bond acceptors (Lipinski definition) is 0. The molecule has 3 heteroatoms. The van der Waals surface area contributed by atoms with E-state index in [0.29, 0.717) is 29.9 Å². The van der Waals surface area contributed by atoms with E-state index in [4.69, 9.17) is 6.42 Å². The van der Waals surface area contributed by atoms with Crippen LogP contribution in [0.2, 0.25) is 10.6 Å². The maximum atomic E-state index is 5.62. The molecule has 0 aromatic heterocycles. The van der Waals surface area contributed by atoms with Crippen molar-refractivity contribution in [2.45, 2.75) is 10.6 Å². The van der Waals surface area contributed by atoms with E-state index in [-0.39, 0.29) is 0 Å². The molecule has 0 N–H and O–H groups in total. The molecule has 2 rings (SSSR count). The fourth-order valence-corrected chi connectivity index (χ4v) is 6.98. The van der Waals surface area contributed by atoms with Crippen LogP contribution in [0.4, 0.5) is 0 Å². The molecule has 0 amide bonds. The predicted octanol–water partition coefficient (Wildman–Crippen LogP) is 1.96. The first-order valence-electron chi connectivity index (χ1n) is 7.85. The number of hydrogen-bond donors (Lipinski definition) is 0. The molecular weight excluding hydrogens is 412 g/mol. The molecule has 0 spiro atoms. The molecule has 23 heavy (non-hydrogen) atoms. The third kappa shape index (κ3) is 6.96. The second-order valence-corrected chi connectivity index (χ2v) is 10.7. The van der Waals surface area contributed by atoms with Gasteiger partial charge < -0.3 is 0 Å². The fraction of sp³-hybridized carbons (Fsp3) is 0.300. The summed E-state index contributed by atoms with van der Waals surface area (Å²) in [5.74, 6) is 2.89. The van der Waals surface area contributed by atoms with Crippen molar-refractivity contribution >= 4 is 38.8 Å². The Morgan fingerprint density at radius 1 is 0.826 bits per heavy atom. The van der Waals surface area contributed by atoms with Crippen molar-refractivity contribution in [3.63, 3.8) is 0 Å². The van der Waals surface area contributed by atoms with Crippen LogP contribution in [0.3, 0.4) is 0 Å². The summed E-state index contributed by atoms with van der Waals surface area (Å²) in [5.41, 5.74) is 0. The van der Waals surface area contributed by atoms with E-state index in [9.17, 15) is 0 Å². The molecule has 0 unspecified atom stereocenters. The molecule has 120 valence electrons. The summed E-state index contributed by atoms with van der Waals surface area (Å²) >= 11 is 1.11. The van der Waals surface area contributed by atoms with Gasteiger partial charge in [-0.15, -0.1) is 0 Å². The normalized spacial score (nSPS) is 11.1. The van der Waals surface area contributed by atoms with E-state index in [1.165, 1.54) is 32.7 Å². The van der Waals surface area contributed by atoms with Gasteiger partial charge in [-0.05, 0) is 0 Å². The summed E-state index contributed by atoms with van der Waals surface area (Å²) in [6.45, 7) is 3.21. The van der Waals surface area contributed by atoms with Crippen molar-refractivity contribution in [1.29, 1.82) is 0 Å². The summed E-state index contributed by atoms with van der Waals surface area (Å²) in [6.07, 6.45) is 5.62. The summed E-state index contributed by atoms with van der Waals surface area (Å²) in [5, 5.41) is 2.51. The molecule has 0 aliphatic rings. The van der Waals surface area contributed by atoms with Crippen LogP contribution in [-0.4, -0.2) is 61.1 Å². The number of quaternary nitrogens is 1. The third-order valence-electron chi connectivity index (χ3n) is 3.76. The maximum absolute atomic E-state index is 5.62. The molecule has 0 atom stereocenters. The molecule has 0 radical (unpaired) electrons. The molecule has 0 bridgehead atoms. The molecule has 0 fully saturated rings. The summed E-state index contributed by atoms with van der Waals surface area (Å²) in [6, 6.07) is 21.7. The first-order valence-corrected chi connectivity index (χ1v) is 12.0. The molecule has 0 aliphatic carbocycles. The number of terminal acetylenes is 1. The van der Waals surface area contributed by atoms with E-state index in [1.54, 1.807) is 0 Å². The standard InChI is InChI=1S/C20H24NSe2/c1-3-14-21(2,15-17-22-19-10-6-4-7-11-19)16-18-23-20-12-8-5-9-13-20/h1,4-13H,14-18H2,2H3/q+1. The Bertz CT molecular complexity index is 559. The van der Waals surface area contributed by atoms with Gasteiger partial charge in [0.1, 0.15) is 0 Å². The fourth-order valence-electron chi connectivity index (χ4n) is 2.29. The Balaban J connectivity index is 1.79. The van der Waals surface area contributed by atoms with Crippen LogP contribution in [0.1, 0.15) is 0 Å². The Labute approximate surface area is 153 Å². The van der Waals surface area contributed by atoms with Crippen LogP contribution in [0, 0.1) is 12.3 Å². The quantitative estimate of drug-likeness (QED) is 0.321. The van der Waals surface area contributed by atoms with Crippen molar-refractivity contribution in [3.05, 3.63) is 60.7 Å². The summed E-state index contributed by atoms with van der Waals surface area (Å²) in [7, 11) is 2.32. The van der Waals surface area contributed by atoms with Crippen molar-refractivity contribution < 1.29 is 4.48 Å². The van der Waals surface area contributed by atoms with Crippen LogP contribution >= 0.6 is 0 Å². The molecule has 0 heterocycles. The summed E-state index contributed by atoms with van der Waals surface area (Å²) in [4.78, 5) is 0. The minimum absolute atomic E-state index is 0.555. The van der Waals surface area contributed by atoms with Gasteiger partial charge in [-0.3, -0.25) is 0 Å². The molecule has 2 aromatic rings. The van der Waals surface area contributed by atoms with Gasteiger partial charge in [-0.2, -0.15) is 0 Å². The van der Waals surface area contributed by atoms with Crippen molar-refractivity contribution in [3.8, 4) is 12.3 Å². The molecule has 2 aromatic carbocycles. The van der Waals surface area contributed by atoms with Gasteiger partial charge in [0.05, 0.1) is 0 Å². The molecule has 0 saturated carbocycles. The Hall–Kier alpha value is -1.00. The van der Waals surface area contributed by atoms with Gasteiger partial charge in [0.2, 0.25) is 0 Å². The zero-order chi connectivity index (χ0) is 16.4. The van der Waals surface area contributed by atoms with Crippen molar-refractivity contribution in [2.75, 3.05) is 26.7 Å². The van der Waals surface area contributed by atoms with E-state index in [0.717, 1.165) is 11.0 Å². The van der Waals surface area contributed by atoms with Crippen LogP contribution in [0.25, 0.3) is 0 Å². The van der Waals surface area contributed by atoms with Crippen LogP contribution in [-0.2, 0) is 0 Å². The molecule has 0 aliphatic heterocycles. The second kappa shape index (κ2) is 9.99. The minimum atomic E-state index is 0.555. The number of rotatable bonds is 9. The summed E-state index contributed by atoms with van der Waals surface area (Å²) < 4.78 is 3.99. The average Bonchev–Trinajstić information content (AvgIpc) is 2.57. The van der Waals surface area contributed by atoms with Crippen molar-refractivity contribution in [1.82, 2.24) is 0 Å². The van der Waals surface area contributed by atoms with Gasteiger partial charge in [0, 0.05) is 0 Å². The SMILES string of the molecule is C#CC[N+](C)(CC[Se]c1ccccc1)CC[Se]c1ccccc1. The zero-order valence-corrected chi connectivity index (χ0v) is 17.1. The topological polar surface area (TPSA) is 0 Å². The average molecular weight is 436 g/mol. The third-order valence-corrected chi connectivity index (χ3v) is 7.92. The van der Waals surface area contributed by atoms with Crippen molar-refractivity contribution in [2.24, 2.45) is 0 Å². The van der Waals surface area contributed by atoms with Gasteiger partial charge in [0.15, 0.2) is 0 Å². The van der Waals surface area contributed by atoms with E-state index < -0.39 is 0 Å². The number of benzene rings is 2. The Morgan fingerprint density at radius 2 is 1.26 bits per heavy atom. The Kier molecular flexibility index (Phi) is 7.96. The van der Waals surface area contributed by atoms with Gasteiger partial charge in [0.25, 0.3) is 0 Å². The molecular formula is C20H24NSe2+. The predicted molar refractivity (Wildman–Crippen MR) is 103 cm³/mol. The zero-order valence-electron chi connectivity index (χ0n) is 13.7. The van der Waals surface area contributed by atoms with E-state index in [2.05, 4.69) is 73.6 Å². The number of nitrogens with zero attached hydrogens (tertiary/aromatic N) is 1. The second-order valence-electron chi connectivity index (χ2n) is 5.75. The van der Waals surface area contributed by atoms with Gasteiger partial charge in [-0.25, -0.2) is 0 Å². The van der Waals surface area contributed by atoms with E-state index in [1.807, 2.05) is 0 Å². The van der Waals surface area contributed by atoms with Crippen LogP contribution in [0.15, 0.2) is 60.7 Å². The van der Waals surface area contributed by atoms with Crippen LogP contribution < -0.4 is 8.92 Å². The molecule has 1 nitrogen and oxygen atoms in total. The van der Waals surface area contributed by atoms with Gasteiger partial charge >= 0.3 is 154 Å². The first-order chi connectivity index (χ1) is 11.2. The Morgan fingerprint density at radius 3 is 1.65 bits per heavy atom. The van der Waals surface area contributed by atoms with Crippen LogP contribution in [0.5, 0.6) is 0 Å². The monoisotopic (exact) mass is 438 g/mol. The first kappa shape index (κ1) is 18.3. The molecule has 0 saturated heterocycles.